The lowest BCUT2D eigenvalue weighted by Crippen LogP contribution is -2.41. The van der Waals surface area contributed by atoms with E-state index in [1.165, 1.54) is 18.4 Å². The first-order valence-corrected chi connectivity index (χ1v) is 6.91. The average Bonchev–Trinajstić information content (AvgIpc) is 2.39. The number of anilines is 1. The van der Waals surface area contributed by atoms with Gasteiger partial charge in [0.25, 0.3) is 0 Å². The normalized spacial score (nSPS) is 17.1. The molecule has 1 N–H and O–H groups in total. The molecule has 0 atom stereocenters. The third-order valence-electron chi connectivity index (χ3n) is 3.51. The van der Waals surface area contributed by atoms with Gasteiger partial charge in [0, 0.05) is 25.5 Å². The molecule has 4 nitrogen and oxygen atoms in total. The van der Waals surface area contributed by atoms with Gasteiger partial charge >= 0.3 is 0 Å². The molecule has 0 aliphatic carbocycles. The molecule has 0 unspecified atom stereocenters. The first kappa shape index (κ1) is 13.3. The van der Waals surface area contributed by atoms with Crippen molar-refractivity contribution in [3.8, 4) is 0 Å². The van der Waals surface area contributed by atoms with E-state index in [9.17, 15) is 0 Å². The van der Waals surface area contributed by atoms with Crippen LogP contribution in [0, 0.1) is 5.92 Å². The highest BCUT2D eigenvalue weighted by molar-refractivity contribution is 5.30. The monoisotopic (exact) mass is 248 g/mol. The van der Waals surface area contributed by atoms with Crippen LogP contribution in [0.4, 0.5) is 5.95 Å². The zero-order valence-electron chi connectivity index (χ0n) is 11.7. The summed E-state index contributed by atoms with van der Waals surface area (Å²) in [6.07, 6.45) is 7.35. The standard InChI is InChI=1S/C14H24N4/c1-11(2)8-12-9-16-14(17-10-12)18(3)13-4-6-15-7-5-13/h9-11,13,15H,4-8H2,1-3H3. The summed E-state index contributed by atoms with van der Waals surface area (Å²) in [7, 11) is 2.10. The van der Waals surface area contributed by atoms with Crippen molar-refractivity contribution < 1.29 is 0 Å². The molecule has 100 valence electrons. The molecule has 1 aliphatic heterocycles. The van der Waals surface area contributed by atoms with Gasteiger partial charge in [0.1, 0.15) is 0 Å². The molecule has 0 saturated carbocycles. The quantitative estimate of drug-likeness (QED) is 0.883. The lowest BCUT2D eigenvalue weighted by atomic mass is 10.1. The van der Waals surface area contributed by atoms with Crippen molar-refractivity contribution in [3.05, 3.63) is 18.0 Å². The minimum atomic E-state index is 0.571. The van der Waals surface area contributed by atoms with E-state index in [0.717, 1.165) is 25.5 Å². The van der Waals surface area contributed by atoms with Crippen molar-refractivity contribution in [3.63, 3.8) is 0 Å². The van der Waals surface area contributed by atoms with Crippen LogP contribution in [-0.2, 0) is 6.42 Å². The van der Waals surface area contributed by atoms with Crippen molar-refractivity contribution in [2.24, 2.45) is 5.92 Å². The van der Waals surface area contributed by atoms with Gasteiger partial charge in [-0.3, -0.25) is 0 Å². The van der Waals surface area contributed by atoms with Crippen LogP contribution in [0.2, 0.25) is 0 Å². The molecule has 0 radical (unpaired) electrons. The number of piperidine rings is 1. The van der Waals surface area contributed by atoms with Gasteiger partial charge in [0.15, 0.2) is 0 Å². The molecule has 18 heavy (non-hydrogen) atoms. The third kappa shape index (κ3) is 3.42. The number of rotatable bonds is 4. The van der Waals surface area contributed by atoms with E-state index < -0.39 is 0 Å². The summed E-state index contributed by atoms with van der Waals surface area (Å²) in [6.45, 7) is 6.63. The molecule has 1 saturated heterocycles. The van der Waals surface area contributed by atoms with Gasteiger partial charge in [-0.25, -0.2) is 9.97 Å². The minimum absolute atomic E-state index is 0.571. The maximum atomic E-state index is 4.50. The predicted octanol–water partition coefficient (Wildman–Crippen LogP) is 1.86. The van der Waals surface area contributed by atoms with Crippen LogP contribution < -0.4 is 10.2 Å². The Balaban J connectivity index is 1.99. The summed E-state index contributed by atoms with van der Waals surface area (Å²) in [5.74, 6) is 1.51. The number of nitrogens with one attached hydrogen (secondary N) is 1. The van der Waals surface area contributed by atoms with E-state index >= 15 is 0 Å². The molecule has 2 rings (SSSR count). The zero-order valence-corrected chi connectivity index (χ0v) is 11.7. The Labute approximate surface area is 110 Å². The van der Waals surface area contributed by atoms with Gasteiger partial charge in [0.05, 0.1) is 0 Å². The van der Waals surface area contributed by atoms with Crippen molar-refractivity contribution in [2.45, 2.75) is 39.2 Å². The molecule has 2 heterocycles. The lowest BCUT2D eigenvalue weighted by molar-refractivity contribution is 0.439. The number of hydrogen-bond donors (Lipinski definition) is 1. The van der Waals surface area contributed by atoms with Crippen molar-refractivity contribution >= 4 is 5.95 Å². The molecule has 0 amide bonds. The van der Waals surface area contributed by atoms with Crippen molar-refractivity contribution in [2.75, 3.05) is 25.0 Å². The largest absolute Gasteiger partial charge is 0.341 e. The van der Waals surface area contributed by atoms with Gasteiger partial charge in [-0.1, -0.05) is 13.8 Å². The van der Waals surface area contributed by atoms with Gasteiger partial charge in [0.2, 0.25) is 5.95 Å². The maximum absolute atomic E-state index is 4.50. The number of nitrogens with zero attached hydrogens (tertiary/aromatic N) is 3. The topological polar surface area (TPSA) is 41.1 Å². The maximum Gasteiger partial charge on any atom is 0.225 e. The highest BCUT2D eigenvalue weighted by Gasteiger charge is 2.19. The summed E-state index contributed by atoms with van der Waals surface area (Å²) < 4.78 is 0. The summed E-state index contributed by atoms with van der Waals surface area (Å²) in [5.41, 5.74) is 1.23. The van der Waals surface area contributed by atoms with Gasteiger partial charge in [-0.15, -0.1) is 0 Å². The van der Waals surface area contributed by atoms with Crippen LogP contribution >= 0.6 is 0 Å². The fraction of sp³-hybridized carbons (Fsp3) is 0.714. The molecule has 1 fully saturated rings. The molecule has 1 aromatic rings. The first-order chi connectivity index (χ1) is 8.66. The zero-order chi connectivity index (χ0) is 13.0. The average molecular weight is 248 g/mol. The van der Waals surface area contributed by atoms with E-state index in [-0.39, 0.29) is 0 Å². The molecular weight excluding hydrogens is 224 g/mol. The second-order valence-electron chi connectivity index (χ2n) is 5.58. The van der Waals surface area contributed by atoms with E-state index in [4.69, 9.17) is 0 Å². The van der Waals surface area contributed by atoms with E-state index in [1.54, 1.807) is 0 Å². The molecule has 0 spiro atoms. The highest BCUT2D eigenvalue weighted by Crippen LogP contribution is 2.16. The molecule has 1 aromatic heterocycles. The van der Waals surface area contributed by atoms with Crippen LogP contribution in [0.1, 0.15) is 32.3 Å². The Morgan fingerprint density at radius 1 is 1.28 bits per heavy atom. The third-order valence-corrected chi connectivity index (χ3v) is 3.51. The van der Waals surface area contributed by atoms with Crippen LogP contribution in [-0.4, -0.2) is 36.1 Å². The summed E-state index contributed by atoms with van der Waals surface area (Å²) in [4.78, 5) is 11.2. The van der Waals surface area contributed by atoms with Gasteiger partial charge < -0.3 is 10.2 Å². The number of aromatic nitrogens is 2. The Bertz CT molecular complexity index is 355. The SMILES string of the molecule is CC(C)Cc1cnc(N(C)C2CCNCC2)nc1. The molecule has 0 aromatic carbocycles. The molecule has 1 aliphatic rings. The van der Waals surface area contributed by atoms with Gasteiger partial charge in [-0.05, 0) is 43.8 Å². The molecular formula is C14H24N4. The van der Waals surface area contributed by atoms with Crippen LogP contribution in [0.15, 0.2) is 12.4 Å². The van der Waals surface area contributed by atoms with Crippen molar-refractivity contribution in [1.29, 1.82) is 0 Å². The van der Waals surface area contributed by atoms with Crippen LogP contribution in [0.3, 0.4) is 0 Å². The predicted molar refractivity (Wildman–Crippen MR) is 74.9 cm³/mol. The summed E-state index contributed by atoms with van der Waals surface area (Å²) >= 11 is 0. The summed E-state index contributed by atoms with van der Waals surface area (Å²) in [5, 5.41) is 3.38. The Kier molecular flexibility index (Phi) is 4.53. The van der Waals surface area contributed by atoms with Crippen molar-refractivity contribution in [1.82, 2.24) is 15.3 Å². The fourth-order valence-electron chi connectivity index (χ4n) is 2.46. The second-order valence-corrected chi connectivity index (χ2v) is 5.58. The second kappa shape index (κ2) is 6.14. The van der Waals surface area contributed by atoms with Gasteiger partial charge in [-0.2, -0.15) is 0 Å². The molecule has 4 heteroatoms. The number of hydrogen-bond acceptors (Lipinski definition) is 4. The van der Waals surface area contributed by atoms with Crippen LogP contribution in [0.5, 0.6) is 0 Å². The van der Waals surface area contributed by atoms with E-state index in [0.29, 0.717) is 12.0 Å². The Morgan fingerprint density at radius 2 is 1.89 bits per heavy atom. The summed E-state index contributed by atoms with van der Waals surface area (Å²) in [6, 6.07) is 0.571. The minimum Gasteiger partial charge on any atom is -0.341 e. The Morgan fingerprint density at radius 3 is 2.44 bits per heavy atom. The smallest absolute Gasteiger partial charge is 0.225 e. The molecule has 0 bridgehead atoms. The highest BCUT2D eigenvalue weighted by atomic mass is 15.3. The van der Waals surface area contributed by atoms with E-state index in [1.807, 2.05) is 12.4 Å². The lowest BCUT2D eigenvalue weighted by Gasteiger charge is -2.31. The van der Waals surface area contributed by atoms with Crippen LogP contribution in [0.25, 0.3) is 0 Å². The fourth-order valence-corrected chi connectivity index (χ4v) is 2.46. The van der Waals surface area contributed by atoms with E-state index in [2.05, 4.69) is 41.1 Å². The Hall–Kier alpha value is -1.16. The first-order valence-electron chi connectivity index (χ1n) is 6.91.